The largest absolute Gasteiger partial charge is 0.457 e. The standard InChI is InChI=1S/C16H29NO5/c1-9-8-20-12(17)11(22-14(19)16(5,6)7)10(9)21-13(18)15(2,3)4/h9-12H,8,17H2,1-7H3/t9-,10-,11+,12+/m1/s1. The van der Waals surface area contributed by atoms with Gasteiger partial charge in [-0.25, -0.2) is 0 Å². The average Bonchev–Trinajstić information content (AvgIpc) is 2.35. The molecule has 1 heterocycles. The lowest BCUT2D eigenvalue weighted by molar-refractivity contribution is -0.214. The molecule has 1 aliphatic heterocycles. The van der Waals surface area contributed by atoms with Crippen LogP contribution in [-0.2, 0) is 23.8 Å². The van der Waals surface area contributed by atoms with E-state index in [0.29, 0.717) is 6.61 Å². The van der Waals surface area contributed by atoms with E-state index >= 15 is 0 Å². The minimum Gasteiger partial charge on any atom is -0.457 e. The van der Waals surface area contributed by atoms with E-state index in [4.69, 9.17) is 19.9 Å². The molecule has 4 atom stereocenters. The molecule has 0 aromatic heterocycles. The SMILES string of the molecule is C[C@@H]1CO[C@H](N)[C@@H](OC(=O)C(C)(C)C)[C@@H]1OC(=O)C(C)(C)C. The molecule has 0 unspecified atom stereocenters. The van der Waals surface area contributed by atoms with Crippen LogP contribution in [0, 0.1) is 16.7 Å². The Morgan fingerprint density at radius 3 is 1.77 bits per heavy atom. The molecule has 1 fully saturated rings. The first-order chi connectivity index (χ1) is 9.84. The first kappa shape index (κ1) is 18.9. The molecule has 0 radical (unpaired) electrons. The van der Waals surface area contributed by atoms with Gasteiger partial charge in [0.1, 0.15) is 12.3 Å². The van der Waals surface area contributed by atoms with E-state index in [1.165, 1.54) is 0 Å². The third kappa shape index (κ3) is 4.68. The molecule has 0 bridgehead atoms. The molecule has 6 nitrogen and oxygen atoms in total. The maximum Gasteiger partial charge on any atom is 0.311 e. The highest BCUT2D eigenvalue weighted by atomic mass is 16.6. The van der Waals surface area contributed by atoms with Gasteiger partial charge in [-0.2, -0.15) is 0 Å². The smallest absolute Gasteiger partial charge is 0.311 e. The Kier molecular flexibility index (Phi) is 5.62. The van der Waals surface area contributed by atoms with Gasteiger partial charge in [-0.1, -0.05) is 6.92 Å². The normalized spacial score (nSPS) is 29.8. The number of ether oxygens (including phenoxy) is 3. The van der Waals surface area contributed by atoms with Gasteiger partial charge in [0.15, 0.2) is 6.10 Å². The summed E-state index contributed by atoms with van der Waals surface area (Å²) in [7, 11) is 0. The zero-order valence-electron chi connectivity index (χ0n) is 14.6. The van der Waals surface area contributed by atoms with Crippen LogP contribution >= 0.6 is 0 Å². The molecule has 22 heavy (non-hydrogen) atoms. The third-order valence-corrected chi connectivity index (χ3v) is 3.47. The van der Waals surface area contributed by atoms with E-state index in [1.54, 1.807) is 41.5 Å². The number of carbonyl (C=O) groups excluding carboxylic acids is 2. The lowest BCUT2D eigenvalue weighted by Crippen LogP contribution is -2.57. The molecular formula is C16H29NO5. The zero-order chi connectivity index (χ0) is 17.3. The molecule has 2 N–H and O–H groups in total. The van der Waals surface area contributed by atoms with Crippen molar-refractivity contribution in [2.75, 3.05) is 6.61 Å². The number of hydrogen-bond donors (Lipinski definition) is 1. The monoisotopic (exact) mass is 315 g/mol. The Morgan fingerprint density at radius 1 is 0.955 bits per heavy atom. The Hall–Kier alpha value is -1.14. The van der Waals surface area contributed by atoms with Crippen LogP contribution in [0.2, 0.25) is 0 Å². The minimum absolute atomic E-state index is 0.108. The van der Waals surface area contributed by atoms with Crippen LogP contribution in [0.1, 0.15) is 48.5 Å². The molecule has 0 aliphatic carbocycles. The summed E-state index contributed by atoms with van der Waals surface area (Å²) in [5.74, 6) is -0.860. The van der Waals surface area contributed by atoms with E-state index in [0.717, 1.165) is 0 Å². The fourth-order valence-electron chi connectivity index (χ4n) is 1.88. The van der Waals surface area contributed by atoms with Crippen molar-refractivity contribution in [3.05, 3.63) is 0 Å². The molecule has 0 amide bonds. The van der Waals surface area contributed by atoms with Crippen molar-refractivity contribution in [1.29, 1.82) is 0 Å². The summed E-state index contributed by atoms with van der Waals surface area (Å²) in [6.07, 6.45) is -2.22. The van der Waals surface area contributed by atoms with Gasteiger partial charge in [-0.15, -0.1) is 0 Å². The lowest BCUT2D eigenvalue weighted by Gasteiger charge is -2.40. The Labute approximate surface area is 132 Å². The maximum absolute atomic E-state index is 12.2. The second kappa shape index (κ2) is 6.54. The van der Waals surface area contributed by atoms with Crippen molar-refractivity contribution < 1.29 is 23.8 Å². The van der Waals surface area contributed by atoms with Gasteiger partial charge in [0.2, 0.25) is 0 Å². The number of esters is 2. The van der Waals surface area contributed by atoms with Gasteiger partial charge in [0, 0.05) is 5.92 Å². The van der Waals surface area contributed by atoms with Crippen molar-refractivity contribution in [3.63, 3.8) is 0 Å². The first-order valence-corrected chi connectivity index (χ1v) is 7.63. The Bertz CT molecular complexity index is 381. The summed E-state index contributed by atoms with van der Waals surface area (Å²) in [4.78, 5) is 24.3. The van der Waals surface area contributed by atoms with Gasteiger partial charge in [-0.3, -0.25) is 9.59 Å². The van der Waals surface area contributed by atoms with Gasteiger partial charge >= 0.3 is 11.9 Å². The van der Waals surface area contributed by atoms with E-state index in [9.17, 15) is 9.59 Å². The maximum atomic E-state index is 12.2. The predicted molar refractivity (Wildman–Crippen MR) is 81.8 cm³/mol. The molecule has 6 heteroatoms. The summed E-state index contributed by atoms with van der Waals surface area (Å²) in [5.41, 5.74) is 4.61. The Morgan fingerprint density at radius 2 is 1.36 bits per heavy atom. The van der Waals surface area contributed by atoms with E-state index in [-0.39, 0.29) is 11.9 Å². The highest BCUT2D eigenvalue weighted by molar-refractivity contribution is 5.76. The molecule has 0 aromatic rings. The van der Waals surface area contributed by atoms with Gasteiger partial charge in [-0.05, 0) is 41.5 Å². The van der Waals surface area contributed by atoms with Crippen LogP contribution < -0.4 is 5.73 Å². The van der Waals surface area contributed by atoms with E-state index in [2.05, 4.69) is 0 Å². The minimum atomic E-state index is -0.805. The number of nitrogens with two attached hydrogens (primary N) is 1. The fourth-order valence-corrected chi connectivity index (χ4v) is 1.88. The summed E-state index contributed by atoms with van der Waals surface area (Å²) < 4.78 is 16.5. The first-order valence-electron chi connectivity index (χ1n) is 7.63. The van der Waals surface area contributed by atoms with Crippen LogP contribution in [0.25, 0.3) is 0 Å². The second-order valence-electron chi connectivity index (χ2n) is 8.02. The molecule has 1 rings (SSSR count). The number of carbonyl (C=O) groups is 2. The summed E-state index contributed by atoms with van der Waals surface area (Å²) in [5, 5.41) is 0. The topological polar surface area (TPSA) is 87.8 Å². The quantitative estimate of drug-likeness (QED) is 0.782. The van der Waals surface area contributed by atoms with Gasteiger partial charge in [0.05, 0.1) is 17.4 Å². The second-order valence-corrected chi connectivity index (χ2v) is 8.02. The average molecular weight is 315 g/mol. The molecular weight excluding hydrogens is 286 g/mol. The van der Waals surface area contributed by atoms with E-state index < -0.39 is 35.2 Å². The molecule has 0 saturated carbocycles. The Balaban J connectivity index is 2.92. The van der Waals surface area contributed by atoms with Crippen molar-refractivity contribution in [2.24, 2.45) is 22.5 Å². The molecule has 128 valence electrons. The molecule has 1 saturated heterocycles. The van der Waals surface area contributed by atoms with Crippen LogP contribution in [0.4, 0.5) is 0 Å². The molecule has 0 aromatic carbocycles. The summed E-state index contributed by atoms with van der Waals surface area (Å²) in [6.45, 7) is 12.8. The highest BCUT2D eigenvalue weighted by Crippen LogP contribution is 2.28. The fraction of sp³-hybridized carbons (Fsp3) is 0.875. The van der Waals surface area contributed by atoms with Gasteiger partial charge in [0.25, 0.3) is 0 Å². The van der Waals surface area contributed by atoms with Gasteiger partial charge < -0.3 is 19.9 Å². The summed E-state index contributed by atoms with van der Waals surface area (Å²) >= 11 is 0. The van der Waals surface area contributed by atoms with Crippen molar-refractivity contribution in [3.8, 4) is 0 Å². The number of hydrogen-bond acceptors (Lipinski definition) is 6. The van der Waals surface area contributed by atoms with Crippen molar-refractivity contribution in [1.82, 2.24) is 0 Å². The zero-order valence-corrected chi connectivity index (χ0v) is 14.6. The van der Waals surface area contributed by atoms with Crippen LogP contribution in [0.15, 0.2) is 0 Å². The summed E-state index contributed by atoms with van der Waals surface area (Å²) in [6, 6.07) is 0. The lowest BCUT2D eigenvalue weighted by atomic mass is 9.93. The highest BCUT2D eigenvalue weighted by Gasteiger charge is 2.44. The van der Waals surface area contributed by atoms with Crippen molar-refractivity contribution in [2.45, 2.75) is 66.9 Å². The van der Waals surface area contributed by atoms with E-state index in [1.807, 2.05) is 6.92 Å². The number of rotatable bonds is 2. The van der Waals surface area contributed by atoms with Crippen LogP contribution in [-0.4, -0.2) is 37.0 Å². The molecule has 1 aliphatic rings. The predicted octanol–water partition coefficient (Wildman–Crippen LogP) is 1.85. The third-order valence-electron chi connectivity index (χ3n) is 3.47. The van der Waals surface area contributed by atoms with Crippen LogP contribution in [0.3, 0.4) is 0 Å². The van der Waals surface area contributed by atoms with Crippen molar-refractivity contribution >= 4 is 11.9 Å². The van der Waals surface area contributed by atoms with Crippen LogP contribution in [0.5, 0.6) is 0 Å². The molecule has 0 spiro atoms.